The maximum absolute atomic E-state index is 11.6. The van der Waals surface area contributed by atoms with Crippen LogP contribution >= 0.6 is 11.3 Å². The first-order valence-electron chi connectivity index (χ1n) is 5.79. The van der Waals surface area contributed by atoms with Crippen LogP contribution in [-0.2, 0) is 27.2 Å². The number of hydrogen-bond acceptors (Lipinski definition) is 6. The number of amides is 1. The Morgan fingerprint density at radius 1 is 1.40 bits per heavy atom. The summed E-state index contributed by atoms with van der Waals surface area (Å²) >= 11 is 1.37. The van der Waals surface area contributed by atoms with Crippen molar-refractivity contribution in [3.05, 3.63) is 16.1 Å². The van der Waals surface area contributed by atoms with E-state index in [1.807, 2.05) is 0 Å². The highest BCUT2D eigenvalue weighted by Crippen LogP contribution is 2.10. The number of rotatable bonds is 8. The molecule has 1 atom stereocenters. The number of nitrogens with one attached hydrogen (secondary N) is 1. The van der Waals surface area contributed by atoms with Gasteiger partial charge in [-0.2, -0.15) is 0 Å². The zero-order valence-corrected chi connectivity index (χ0v) is 11.4. The molecule has 0 saturated carbocycles. The van der Waals surface area contributed by atoms with Crippen LogP contribution in [0.15, 0.2) is 5.38 Å². The minimum atomic E-state index is -1.44. The van der Waals surface area contributed by atoms with Crippen LogP contribution < -0.4 is 11.1 Å². The summed E-state index contributed by atoms with van der Waals surface area (Å²) in [5.74, 6) is -3.26. The maximum Gasteiger partial charge on any atom is 0.326 e. The molecule has 0 bridgehead atoms. The second kappa shape index (κ2) is 7.56. The molecule has 5 N–H and O–H groups in total. The van der Waals surface area contributed by atoms with E-state index in [9.17, 15) is 14.4 Å². The van der Waals surface area contributed by atoms with Gasteiger partial charge < -0.3 is 21.3 Å². The van der Waals surface area contributed by atoms with Crippen LogP contribution in [0.25, 0.3) is 0 Å². The highest BCUT2D eigenvalue weighted by Gasteiger charge is 2.23. The number of hydrogen-bond donors (Lipinski definition) is 4. The van der Waals surface area contributed by atoms with Crippen LogP contribution in [0, 0.1) is 0 Å². The van der Waals surface area contributed by atoms with Gasteiger partial charge in [0.1, 0.15) is 6.04 Å². The predicted molar refractivity (Wildman–Crippen MR) is 70.4 cm³/mol. The predicted octanol–water partition coefficient (Wildman–Crippen LogP) is -0.769. The summed E-state index contributed by atoms with van der Waals surface area (Å²) in [6.45, 7) is 0.457. The number of aromatic nitrogens is 1. The first kappa shape index (κ1) is 16.1. The Hall–Kier alpha value is -2.00. The Kier molecular flexibility index (Phi) is 6.07. The van der Waals surface area contributed by atoms with E-state index in [0.29, 0.717) is 18.7 Å². The van der Waals surface area contributed by atoms with Crippen molar-refractivity contribution in [3.63, 3.8) is 0 Å². The molecular formula is C11H15N3O5S. The van der Waals surface area contributed by atoms with Crippen molar-refractivity contribution < 1.29 is 24.6 Å². The second-order valence-corrected chi connectivity index (χ2v) is 4.95. The molecule has 1 heterocycles. The van der Waals surface area contributed by atoms with Gasteiger partial charge in [0, 0.05) is 11.8 Å². The molecule has 1 aromatic heterocycles. The van der Waals surface area contributed by atoms with E-state index in [-0.39, 0.29) is 6.42 Å². The van der Waals surface area contributed by atoms with E-state index in [4.69, 9.17) is 15.9 Å². The van der Waals surface area contributed by atoms with Gasteiger partial charge in [-0.15, -0.1) is 11.3 Å². The van der Waals surface area contributed by atoms with Crippen molar-refractivity contribution >= 4 is 29.2 Å². The van der Waals surface area contributed by atoms with Gasteiger partial charge in [-0.05, 0) is 6.54 Å². The Morgan fingerprint density at radius 2 is 2.10 bits per heavy atom. The van der Waals surface area contributed by atoms with Crippen molar-refractivity contribution in [2.45, 2.75) is 25.3 Å². The molecule has 110 valence electrons. The lowest BCUT2D eigenvalue weighted by molar-refractivity contribution is -0.147. The number of thiazole rings is 1. The normalized spacial score (nSPS) is 11.8. The molecule has 8 nitrogen and oxygen atoms in total. The molecule has 0 radical (unpaired) electrons. The monoisotopic (exact) mass is 301 g/mol. The van der Waals surface area contributed by atoms with Crippen LogP contribution in [0.1, 0.15) is 17.1 Å². The Morgan fingerprint density at radius 3 is 2.65 bits per heavy atom. The zero-order chi connectivity index (χ0) is 15.1. The van der Waals surface area contributed by atoms with Gasteiger partial charge in [-0.1, -0.05) is 0 Å². The average molecular weight is 301 g/mol. The van der Waals surface area contributed by atoms with Gasteiger partial charge in [0.2, 0.25) is 5.91 Å². The number of carboxylic acids is 2. The first-order valence-corrected chi connectivity index (χ1v) is 6.67. The lowest BCUT2D eigenvalue weighted by Crippen LogP contribution is -2.42. The average Bonchev–Trinajstić information content (AvgIpc) is 2.75. The van der Waals surface area contributed by atoms with Gasteiger partial charge in [0.25, 0.3) is 0 Å². The molecule has 1 aromatic rings. The summed E-state index contributed by atoms with van der Waals surface area (Å²) < 4.78 is 0. The highest BCUT2D eigenvalue weighted by molar-refractivity contribution is 7.09. The van der Waals surface area contributed by atoms with Gasteiger partial charge >= 0.3 is 11.9 Å². The third-order valence-corrected chi connectivity index (χ3v) is 3.27. The summed E-state index contributed by atoms with van der Waals surface area (Å²) in [6, 6.07) is -1.44. The minimum Gasteiger partial charge on any atom is -0.481 e. The molecule has 1 rings (SSSR count). The molecule has 0 aliphatic rings. The second-order valence-electron chi connectivity index (χ2n) is 4.00. The highest BCUT2D eigenvalue weighted by atomic mass is 32.1. The maximum atomic E-state index is 11.6. The molecule has 0 aliphatic carbocycles. The SMILES string of the molecule is NCCc1nc(CC(=O)NC(CC(=O)O)C(=O)O)cs1. The van der Waals surface area contributed by atoms with Gasteiger partial charge in [0.15, 0.2) is 0 Å². The number of nitrogens with two attached hydrogens (primary N) is 1. The van der Waals surface area contributed by atoms with Crippen molar-refractivity contribution in [3.8, 4) is 0 Å². The molecule has 20 heavy (non-hydrogen) atoms. The number of carbonyl (C=O) groups is 3. The van der Waals surface area contributed by atoms with E-state index in [2.05, 4.69) is 10.3 Å². The Balaban J connectivity index is 2.56. The fourth-order valence-electron chi connectivity index (χ4n) is 1.45. The van der Waals surface area contributed by atoms with Crippen molar-refractivity contribution in [1.29, 1.82) is 0 Å². The van der Waals surface area contributed by atoms with E-state index in [1.165, 1.54) is 11.3 Å². The van der Waals surface area contributed by atoms with Crippen LogP contribution in [0.4, 0.5) is 0 Å². The Labute approximate surface area is 118 Å². The fourth-order valence-corrected chi connectivity index (χ4v) is 2.27. The van der Waals surface area contributed by atoms with E-state index in [1.54, 1.807) is 5.38 Å². The summed E-state index contributed by atoms with van der Waals surface area (Å²) in [5, 5.41) is 22.0. The van der Waals surface area contributed by atoms with Crippen LogP contribution in [0.3, 0.4) is 0 Å². The molecule has 0 spiro atoms. The molecule has 0 aromatic carbocycles. The molecule has 1 unspecified atom stereocenters. The first-order chi connectivity index (χ1) is 9.42. The summed E-state index contributed by atoms with van der Waals surface area (Å²) in [5.41, 5.74) is 5.89. The third kappa shape index (κ3) is 5.33. The quantitative estimate of drug-likeness (QED) is 0.493. The number of aliphatic carboxylic acids is 2. The molecular weight excluding hydrogens is 286 g/mol. The molecule has 9 heteroatoms. The Bertz CT molecular complexity index is 502. The number of carboxylic acid groups (broad SMARTS) is 2. The third-order valence-electron chi connectivity index (χ3n) is 2.31. The van der Waals surface area contributed by atoms with Crippen molar-refractivity contribution in [1.82, 2.24) is 10.3 Å². The van der Waals surface area contributed by atoms with Crippen LogP contribution in [-0.4, -0.2) is 45.6 Å². The van der Waals surface area contributed by atoms with E-state index < -0.39 is 30.3 Å². The van der Waals surface area contributed by atoms with Gasteiger partial charge in [-0.3, -0.25) is 9.59 Å². The number of carbonyl (C=O) groups excluding carboxylic acids is 1. The standard InChI is InChI=1S/C11H15N3O5S/c12-2-1-9-13-6(5-20-9)3-8(15)14-7(11(18)19)4-10(16)17/h5,7H,1-4,12H2,(H,14,15)(H,16,17)(H,18,19). The van der Waals surface area contributed by atoms with E-state index in [0.717, 1.165) is 5.01 Å². The summed E-state index contributed by atoms with van der Waals surface area (Å²) in [6.07, 6.45) is -0.149. The number of nitrogens with zero attached hydrogens (tertiary/aromatic N) is 1. The minimum absolute atomic E-state index is 0.0928. The summed E-state index contributed by atoms with van der Waals surface area (Å²) in [7, 11) is 0. The summed E-state index contributed by atoms with van der Waals surface area (Å²) in [4.78, 5) is 37.1. The van der Waals surface area contributed by atoms with Crippen molar-refractivity contribution in [2.75, 3.05) is 6.54 Å². The lowest BCUT2D eigenvalue weighted by Gasteiger charge is -2.11. The topological polar surface area (TPSA) is 143 Å². The lowest BCUT2D eigenvalue weighted by atomic mass is 10.2. The van der Waals surface area contributed by atoms with Gasteiger partial charge in [-0.25, -0.2) is 9.78 Å². The zero-order valence-electron chi connectivity index (χ0n) is 10.5. The molecule has 0 saturated heterocycles. The smallest absolute Gasteiger partial charge is 0.326 e. The molecule has 0 fully saturated rings. The fraction of sp³-hybridized carbons (Fsp3) is 0.455. The van der Waals surface area contributed by atoms with Crippen molar-refractivity contribution in [2.24, 2.45) is 5.73 Å². The molecule has 1 amide bonds. The van der Waals surface area contributed by atoms with Gasteiger partial charge in [0.05, 0.1) is 23.5 Å². The largest absolute Gasteiger partial charge is 0.481 e. The van der Waals surface area contributed by atoms with E-state index >= 15 is 0 Å². The van der Waals surface area contributed by atoms with Crippen LogP contribution in [0.2, 0.25) is 0 Å². The molecule has 0 aliphatic heterocycles. The van der Waals surface area contributed by atoms with Crippen LogP contribution in [0.5, 0.6) is 0 Å².